The number of nitrogens with zero attached hydrogens (tertiary/aromatic N) is 3. The van der Waals surface area contributed by atoms with Crippen LogP contribution in [0.1, 0.15) is 72.3 Å². The van der Waals surface area contributed by atoms with Crippen LogP contribution in [0.5, 0.6) is 11.5 Å². The second kappa shape index (κ2) is 19.7. The van der Waals surface area contributed by atoms with E-state index in [0.717, 1.165) is 47.6 Å². The normalized spacial score (nSPS) is 23.2. The quantitative estimate of drug-likeness (QED) is 0.0385. The average Bonchev–Trinajstić information content (AvgIpc) is 3.28. The Kier molecular flexibility index (Phi) is 14.0. The molecule has 7 rings (SSSR count). The number of aliphatic hydroxyl groups is 2. The molecule has 4 aromatic carbocycles. The van der Waals surface area contributed by atoms with Crippen molar-refractivity contribution in [1.29, 1.82) is 0 Å². The highest BCUT2D eigenvalue weighted by molar-refractivity contribution is 6.04. The number of nitro groups is 1. The van der Waals surface area contributed by atoms with Crippen LogP contribution in [0, 0.1) is 27.9 Å². The van der Waals surface area contributed by atoms with Crippen molar-refractivity contribution in [1.82, 2.24) is 4.90 Å². The van der Waals surface area contributed by atoms with Gasteiger partial charge in [-0.05, 0) is 102 Å². The molecule has 6 atom stereocenters. The third-order valence-corrected chi connectivity index (χ3v) is 12.3. The number of oxime groups is 1. The number of amides is 1. The Morgan fingerprint density at radius 2 is 1.69 bits per heavy atom. The molecular formula is C49H55N3O9. The van der Waals surface area contributed by atoms with Crippen molar-refractivity contribution in [3.05, 3.63) is 149 Å². The number of carbonyl (C=O) groups is 1. The van der Waals surface area contributed by atoms with Gasteiger partial charge in [-0.1, -0.05) is 73.1 Å². The number of hydrogen-bond acceptors (Lipinski definition) is 10. The first-order valence-electron chi connectivity index (χ1n) is 21.2. The van der Waals surface area contributed by atoms with E-state index in [2.05, 4.69) is 19.2 Å². The van der Waals surface area contributed by atoms with Crippen LogP contribution >= 0.6 is 0 Å². The van der Waals surface area contributed by atoms with Gasteiger partial charge >= 0.3 is 0 Å². The number of rotatable bonds is 20. The maximum Gasteiger partial charge on any atom is 0.269 e. The second-order valence-corrected chi connectivity index (χ2v) is 16.0. The maximum absolute atomic E-state index is 14.8. The number of ether oxygens (including phenoxy) is 3. The first-order chi connectivity index (χ1) is 29.7. The number of aliphatic hydroxyl groups excluding tert-OH is 2. The Bertz CT molecular complexity index is 2270. The van der Waals surface area contributed by atoms with Crippen LogP contribution in [0.3, 0.4) is 0 Å². The molecule has 6 unspecified atom stereocenters. The van der Waals surface area contributed by atoms with Gasteiger partial charge in [-0.2, -0.15) is 0 Å². The SMILES string of the molecule is C=CCOc1ccc2c(c1)C1C(CCCCO)C(CCCCO)C=C3C(=NOCc4ccc([N+](=O)[O-])cc4)CC(N(C)C(=O)c4ccc5ccccc5c4)C(OCC=C)(O2)C31. The lowest BCUT2D eigenvalue weighted by atomic mass is 9.55. The van der Waals surface area contributed by atoms with Crippen LogP contribution in [0.25, 0.3) is 10.8 Å². The Morgan fingerprint density at radius 3 is 2.41 bits per heavy atom. The Balaban J connectivity index is 1.40. The molecule has 1 heterocycles. The van der Waals surface area contributed by atoms with Gasteiger partial charge in [-0.3, -0.25) is 14.9 Å². The number of hydrogen-bond donors (Lipinski definition) is 2. The van der Waals surface area contributed by atoms with E-state index < -0.39 is 22.7 Å². The molecule has 2 aliphatic carbocycles. The minimum atomic E-state index is -1.41. The lowest BCUT2D eigenvalue weighted by molar-refractivity contribution is -0.384. The number of fused-ring (bicyclic) bond motifs is 3. The molecule has 1 amide bonds. The molecule has 2 N–H and O–H groups in total. The van der Waals surface area contributed by atoms with Crippen molar-refractivity contribution in [2.75, 3.05) is 33.5 Å². The summed E-state index contributed by atoms with van der Waals surface area (Å²) in [6.45, 7) is 8.54. The van der Waals surface area contributed by atoms with Gasteiger partial charge in [0.25, 0.3) is 11.6 Å². The zero-order chi connectivity index (χ0) is 42.9. The van der Waals surface area contributed by atoms with Crippen LogP contribution in [0.2, 0.25) is 0 Å². The molecule has 320 valence electrons. The van der Waals surface area contributed by atoms with E-state index >= 15 is 0 Å². The van der Waals surface area contributed by atoms with E-state index in [4.69, 9.17) is 24.2 Å². The zero-order valence-electron chi connectivity index (χ0n) is 34.7. The molecule has 0 saturated heterocycles. The van der Waals surface area contributed by atoms with E-state index in [-0.39, 0.29) is 62.2 Å². The fourth-order valence-electron chi connectivity index (χ4n) is 9.54. The number of likely N-dealkylation sites (N-methyl/N-ethyl adjacent to an activating group) is 1. The Morgan fingerprint density at radius 1 is 0.951 bits per heavy atom. The van der Waals surface area contributed by atoms with Gasteiger partial charge in [0.15, 0.2) is 0 Å². The van der Waals surface area contributed by atoms with E-state index in [0.29, 0.717) is 47.8 Å². The fourth-order valence-corrected chi connectivity index (χ4v) is 9.54. The van der Waals surface area contributed by atoms with Crippen molar-refractivity contribution < 1.29 is 39.0 Å². The zero-order valence-corrected chi connectivity index (χ0v) is 34.7. The summed E-state index contributed by atoms with van der Waals surface area (Å²) in [6, 6.07) is 24.9. The lowest BCUT2D eigenvalue weighted by Crippen LogP contribution is -2.69. The second-order valence-electron chi connectivity index (χ2n) is 16.0. The van der Waals surface area contributed by atoms with Gasteiger partial charge in [0.05, 0.1) is 23.2 Å². The van der Waals surface area contributed by atoms with Crippen molar-refractivity contribution >= 4 is 28.1 Å². The maximum atomic E-state index is 14.8. The molecular weight excluding hydrogens is 775 g/mol. The molecule has 12 heteroatoms. The highest BCUT2D eigenvalue weighted by Gasteiger charge is 2.65. The van der Waals surface area contributed by atoms with Crippen molar-refractivity contribution in [3.8, 4) is 11.5 Å². The molecule has 12 nitrogen and oxygen atoms in total. The number of unbranched alkanes of at least 4 members (excludes halogenated alkanes) is 2. The average molecular weight is 830 g/mol. The van der Waals surface area contributed by atoms with E-state index in [9.17, 15) is 25.1 Å². The number of benzene rings is 4. The van der Waals surface area contributed by atoms with Gasteiger partial charge < -0.3 is 34.2 Å². The molecule has 1 fully saturated rings. The molecule has 0 aromatic heterocycles. The van der Waals surface area contributed by atoms with Crippen LogP contribution in [0.15, 0.2) is 127 Å². The van der Waals surface area contributed by atoms with Crippen LogP contribution in [0.4, 0.5) is 5.69 Å². The minimum absolute atomic E-state index is 0.0185. The standard InChI is InChI=1S/C49H55N3O9/c1-4-26-58-39-22-23-44-42(30-39)46-40(15-9-11-25-54)36(14-8-10-24-53)29-41-43(50-60-32-33-16-20-38(21-17-33)52(56)57)31-45(49(61-44,47(41)46)59-27-5-2)51(3)48(55)37-19-18-34-12-6-7-13-35(34)28-37/h4-7,12-13,16-23,28-30,36,40,45-47,53-54H,1-2,8-11,14-15,24-27,31-32H2,3H3. The highest BCUT2D eigenvalue weighted by atomic mass is 16.7. The van der Waals surface area contributed by atoms with E-state index in [1.165, 1.54) is 12.1 Å². The van der Waals surface area contributed by atoms with E-state index in [1.54, 1.807) is 36.2 Å². The summed E-state index contributed by atoms with van der Waals surface area (Å²) < 4.78 is 20.4. The summed E-state index contributed by atoms with van der Waals surface area (Å²) in [5, 5.41) is 37.9. The molecule has 3 aliphatic rings. The summed E-state index contributed by atoms with van der Waals surface area (Å²) in [7, 11) is 1.78. The molecule has 0 radical (unpaired) electrons. The first kappa shape index (κ1) is 43.3. The Hall–Kier alpha value is -5.82. The summed E-state index contributed by atoms with van der Waals surface area (Å²) in [4.78, 5) is 33.6. The van der Waals surface area contributed by atoms with Gasteiger partial charge in [0.2, 0.25) is 5.79 Å². The van der Waals surface area contributed by atoms with Crippen molar-refractivity contribution in [2.24, 2.45) is 22.9 Å². The lowest BCUT2D eigenvalue weighted by Gasteiger charge is -2.59. The molecule has 4 aromatic rings. The molecule has 0 bridgehead atoms. The van der Waals surface area contributed by atoms with Crippen molar-refractivity contribution in [3.63, 3.8) is 0 Å². The Labute approximate surface area is 356 Å². The molecule has 1 aliphatic heterocycles. The van der Waals surface area contributed by atoms with Gasteiger partial charge in [0.1, 0.15) is 30.8 Å². The summed E-state index contributed by atoms with van der Waals surface area (Å²) >= 11 is 0. The topological polar surface area (TPSA) is 153 Å². The first-order valence-corrected chi connectivity index (χ1v) is 21.2. The van der Waals surface area contributed by atoms with Crippen LogP contribution < -0.4 is 9.47 Å². The van der Waals surface area contributed by atoms with Crippen LogP contribution in [-0.4, -0.2) is 77.0 Å². The van der Waals surface area contributed by atoms with Gasteiger partial charge in [-0.15, -0.1) is 6.58 Å². The predicted molar refractivity (Wildman–Crippen MR) is 235 cm³/mol. The highest BCUT2D eigenvalue weighted by Crippen LogP contribution is 2.62. The third-order valence-electron chi connectivity index (χ3n) is 12.3. The summed E-state index contributed by atoms with van der Waals surface area (Å²) in [5.74, 6) is -0.940. The monoisotopic (exact) mass is 829 g/mol. The van der Waals surface area contributed by atoms with Crippen molar-refractivity contribution in [2.45, 2.75) is 69.3 Å². The molecule has 1 saturated carbocycles. The van der Waals surface area contributed by atoms with Gasteiger partial charge in [-0.25, -0.2) is 0 Å². The van der Waals surface area contributed by atoms with Gasteiger partial charge in [0, 0.05) is 55.9 Å². The third kappa shape index (κ3) is 9.12. The molecule has 61 heavy (non-hydrogen) atoms. The number of nitro benzene ring substituents is 1. The minimum Gasteiger partial charge on any atom is -0.490 e. The molecule has 0 spiro atoms. The smallest absolute Gasteiger partial charge is 0.269 e. The predicted octanol–water partition coefficient (Wildman–Crippen LogP) is 8.92. The fraction of sp³-hybridized carbons (Fsp3) is 0.388. The van der Waals surface area contributed by atoms with E-state index in [1.807, 2.05) is 60.7 Å². The van der Waals surface area contributed by atoms with Crippen LogP contribution in [-0.2, 0) is 16.2 Å². The number of non-ortho nitro benzene ring substituents is 1. The summed E-state index contributed by atoms with van der Waals surface area (Å²) in [6.07, 6.45) is 10.4. The summed E-state index contributed by atoms with van der Waals surface area (Å²) in [5.41, 5.74) is 3.70. The number of allylic oxidation sites excluding steroid dienone is 1. The number of carbonyl (C=O) groups excluding carboxylic acids is 1. The largest absolute Gasteiger partial charge is 0.490 e.